The summed E-state index contributed by atoms with van der Waals surface area (Å²) in [4.78, 5) is 23.2. The number of carbonyl (C=O) groups excluding carboxylic acids is 1. The van der Waals surface area contributed by atoms with Gasteiger partial charge >= 0.3 is 7.82 Å². The van der Waals surface area contributed by atoms with Crippen molar-refractivity contribution in [3.63, 3.8) is 0 Å². The van der Waals surface area contributed by atoms with Crippen LogP contribution in [-0.4, -0.2) is 73.4 Å². The molecule has 0 aliphatic rings. The van der Waals surface area contributed by atoms with Crippen LogP contribution >= 0.6 is 7.82 Å². The molecule has 0 radical (unpaired) electrons. The van der Waals surface area contributed by atoms with E-state index in [0.717, 1.165) is 64.2 Å². The highest BCUT2D eigenvalue weighted by molar-refractivity contribution is 7.47. The van der Waals surface area contributed by atoms with Gasteiger partial charge in [-0.3, -0.25) is 13.8 Å². The average Bonchev–Trinajstić information content (AvgIpc) is 3.16. The van der Waals surface area contributed by atoms with Crippen molar-refractivity contribution in [2.75, 3.05) is 40.9 Å². The SMILES string of the molecule is CC/C=C\C/C=C\C/C=C\C/C=C\CCCCCCCCCCCCC(=O)NC(COP(=O)(O)OCC[N+](C)(C)C)C(O)CCCCCCCCCCCCCC. The normalized spacial score (nSPS) is 14.7. The van der Waals surface area contributed by atoms with Gasteiger partial charge in [-0.2, -0.15) is 0 Å². The fraction of sp³-hybridized carbons (Fsp3) is 0.812. The Morgan fingerprint density at radius 3 is 1.54 bits per heavy atom. The maximum Gasteiger partial charge on any atom is 0.472 e. The van der Waals surface area contributed by atoms with Crippen LogP contribution in [0.2, 0.25) is 0 Å². The quantitative estimate of drug-likeness (QED) is 0.0245. The van der Waals surface area contributed by atoms with Crippen LogP contribution in [0.15, 0.2) is 48.6 Å². The lowest BCUT2D eigenvalue weighted by Gasteiger charge is -2.26. The van der Waals surface area contributed by atoms with Crippen molar-refractivity contribution in [3.05, 3.63) is 48.6 Å². The Balaban J connectivity index is 4.25. The van der Waals surface area contributed by atoms with Gasteiger partial charge in [0, 0.05) is 6.42 Å². The molecule has 0 fully saturated rings. The molecule has 334 valence electrons. The number of hydrogen-bond donors (Lipinski definition) is 3. The van der Waals surface area contributed by atoms with Crippen LogP contribution < -0.4 is 5.32 Å². The fourth-order valence-corrected chi connectivity index (χ4v) is 7.36. The number of amides is 1. The average molecular weight is 824 g/mol. The van der Waals surface area contributed by atoms with Crippen molar-refractivity contribution in [1.29, 1.82) is 0 Å². The third-order valence-corrected chi connectivity index (χ3v) is 11.3. The molecule has 9 heteroatoms. The number of unbranched alkanes of at least 4 members (excludes halogenated alkanes) is 21. The van der Waals surface area contributed by atoms with Crippen LogP contribution in [0.3, 0.4) is 0 Å². The van der Waals surface area contributed by atoms with Gasteiger partial charge in [0.15, 0.2) is 0 Å². The summed E-state index contributed by atoms with van der Waals surface area (Å²) in [5, 5.41) is 14.0. The number of hydrogen-bond acceptors (Lipinski definition) is 5. The van der Waals surface area contributed by atoms with Crippen LogP contribution in [0.1, 0.15) is 200 Å². The predicted molar refractivity (Wildman–Crippen MR) is 244 cm³/mol. The monoisotopic (exact) mass is 824 g/mol. The van der Waals surface area contributed by atoms with Gasteiger partial charge in [-0.15, -0.1) is 0 Å². The Hall–Kier alpha value is -1.54. The maximum atomic E-state index is 12.9. The lowest BCUT2D eigenvalue weighted by atomic mass is 10.0. The van der Waals surface area contributed by atoms with Crippen LogP contribution in [0.5, 0.6) is 0 Å². The van der Waals surface area contributed by atoms with Crippen molar-refractivity contribution in [2.24, 2.45) is 0 Å². The fourth-order valence-electron chi connectivity index (χ4n) is 6.62. The van der Waals surface area contributed by atoms with Crippen LogP contribution in [-0.2, 0) is 18.4 Å². The molecule has 0 saturated heterocycles. The second-order valence-corrected chi connectivity index (χ2v) is 18.6. The number of nitrogens with one attached hydrogen (secondary N) is 1. The molecule has 0 heterocycles. The predicted octanol–water partition coefficient (Wildman–Crippen LogP) is 13.2. The number of carbonyl (C=O) groups is 1. The molecule has 0 aromatic rings. The highest BCUT2D eigenvalue weighted by Gasteiger charge is 2.28. The summed E-state index contributed by atoms with van der Waals surface area (Å²) in [7, 11) is 1.61. The molecule has 0 bridgehead atoms. The van der Waals surface area contributed by atoms with E-state index in [1.54, 1.807) is 0 Å². The van der Waals surface area contributed by atoms with Crippen LogP contribution in [0.4, 0.5) is 0 Å². The Labute approximate surface area is 352 Å². The van der Waals surface area contributed by atoms with Crippen molar-refractivity contribution in [3.8, 4) is 0 Å². The standard InChI is InChI=1S/C48H91N2O6P/c1-6-8-10-12-14-16-18-20-21-22-23-24-25-26-27-28-29-30-32-34-36-38-40-42-48(52)49-46(45-56-57(53,54)55-44-43-50(3,4)5)47(51)41-39-37-35-33-31-19-17-15-13-11-9-7-2/h8,10,14,16,20-21,23-24,46-47,51H,6-7,9,11-13,15,17-19,22,25-45H2,1-5H3,(H-,49,52,53,54)/p+1/b10-8-,16-14-,21-20-,24-23-. The molecule has 0 aromatic carbocycles. The molecule has 8 nitrogen and oxygen atoms in total. The van der Waals surface area contributed by atoms with Gasteiger partial charge in [0.05, 0.1) is 39.9 Å². The Bertz CT molecular complexity index is 1070. The smallest absolute Gasteiger partial charge is 0.391 e. The van der Waals surface area contributed by atoms with E-state index in [0.29, 0.717) is 23.9 Å². The minimum Gasteiger partial charge on any atom is -0.391 e. The highest BCUT2D eigenvalue weighted by Crippen LogP contribution is 2.43. The van der Waals surface area contributed by atoms with E-state index in [2.05, 4.69) is 67.8 Å². The Morgan fingerprint density at radius 2 is 1.05 bits per heavy atom. The van der Waals surface area contributed by atoms with Gasteiger partial charge in [0.1, 0.15) is 13.2 Å². The number of allylic oxidation sites excluding steroid dienone is 8. The number of rotatable bonds is 42. The lowest BCUT2D eigenvalue weighted by Crippen LogP contribution is -2.46. The van der Waals surface area contributed by atoms with Gasteiger partial charge in [0.25, 0.3) is 0 Å². The molecule has 0 aromatic heterocycles. The third-order valence-electron chi connectivity index (χ3n) is 10.3. The van der Waals surface area contributed by atoms with Gasteiger partial charge in [0.2, 0.25) is 5.91 Å². The first kappa shape index (κ1) is 55.5. The number of nitrogens with zero attached hydrogens (tertiary/aromatic N) is 1. The number of phosphoric acid groups is 1. The van der Waals surface area contributed by atoms with E-state index in [4.69, 9.17) is 9.05 Å². The van der Waals surface area contributed by atoms with E-state index >= 15 is 0 Å². The second kappa shape index (κ2) is 39.9. The number of aliphatic hydroxyl groups excluding tert-OH is 1. The van der Waals surface area contributed by atoms with E-state index in [9.17, 15) is 19.4 Å². The van der Waals surface area contributed by atoms with Crippen molar-refractivity contribution < 1.29 is 32.9 Å². The van der Waals surface area contributed by atoms with Gasteiger partial charge in [-0.05, 0) is 51.4 Å². The number of aliphatic hydroxyl groups is 1. The molecular weight excluding hydrogens is 732 g/mol. The molecule has 0 rings (SSSR count). The van der Waals surface area contributed by atoms with Crippen molar-refractivity contribution in [1.82, 2.24) is 5.32 Å². The van der Waals surface area contributed by atoms with Crippen molar-refractivity contribution in [2.45, 2.75) is 212 Å². The summed E-state index contributed by atoms with van der Waals surface area (Å²) >= 11 is 0. The van der Waals surface area contributed by atoms with Gasteiger partial charge < -0.3 is 19.8 Å². The summed E-state index contributed by atoms with van der Waals surface area (Å²) in [6.45, 7) is 4.76. The molecule has 3 unspecified atom stereocenters. The molecule has 3 atom stereocenters. The molecule has 1 amide bonds. The largest absolute Gasteiger partial charge is 0.472 e. The Kier molecular flexibility index (Phi) is 38.8. The third kappa shape index (κ3) is 42.4. The van der Waals surface area contributed by atoms with E-state index < -0.39 is 20.0 Å². The Morgan fingerprint density at radius 1 is 0.614 bits per heavy atom. The molecule has 0 aliphatic heterocycles. The molecular formula is C48H92N2O6P+. The lowest BCUT2D eigenvalue weighted by molar-refractivity contribution is -0.870. The summed E-state index contributed by atoms with van der Waals surface area (Å²) in [6, 6.07) is -0.762. The second-order valence-electron chi connectivity index (χ2n) is 17.1. The molecule has 0 spiro atoms. The first-order chi connectivity index (χ1) is 27.5. The minimum absolute atomic E-state index is 0.0724. The first-order valence-electron chi connectivity index (χ1n) is 23.5. The summed E-state index contributed by atoms with van der Waals surface area (Å²) in [6.07, 6.45) is 49.9. The molecule has 3 N–H and O–H groups in total. The summed E-state index contributed by atoms with van der Waals surface area (Å²) in [5.74, 6) is -0.152. The summed E-state index contributed by atoms with van der Waals surface area (Å²) in [5.41, 5.74) is 0. The summed E-state index contributed by atoms with van der Waals surface area (Å²) < 4.78 is 23.6. The van der Waals surface area contributed by atoms with Crippen LogP contribution in [0.25, 0.3) is 0 Å². The topological polar surface area (TPSA) is 105 Å². The van der Waals surface area contributed by atoms with E-state index in [-0.39, 0.29) is 19.1 Å². The van der Waals surface area contributed by atoms with Gasteiger partial charge in [-0.1, -0.05) is 191 Å². The molecule has 0 aliphatic carbocycles. The maximum absolute atomic E-state index is 12.9. The highest BCUT2D eigenvalue weighted by atomic mass is 31.2. The van der Waals surface area contributed by atoms with E-state index in [1.807, 2.05) is 21.1 Å². The zero-order chi connectivity index (χ0) is 42.1. The number of quaternary nitrogens is 1. The molecule has 57 heavy (non-hydrogen) atoms. The minimum atomic E-state index is -4.31. The van der Waals surface area contributed by atoms with Gasteiger partial charge in [-0.25, -0.2) is 4.57 Å². The first-order valence-corrected chi connectivity index (χ1v) is 25.0. The van der Waals surface area contributed by atoms with Crippen molar-refractivity contribution >= 4 is 13.7 Å². The van der Waals surface area contributed by atoms with E-state index in [1.165, 1.54) is 109 Å². The number of phosphoric ester groups is 1. The van der Waals surface area contributed by atoms with Crippen LogP contribution in [0, 0.1) is 0 Å². The zero-order valence-electron chi connectivity index (χ0n) is 37.8. The zero-order valence-corrected chi connectivity index (χ0v) is 38.7. The number of likely N-dealkylation sites (N-methyl/N-ethyl adjacent to an activating group) is 1. The molecule has 0 saturated carbocycles.